The number of hydrogen-bond acceptors (Lipinski definition) is 3. The van der Waals surface area contributed by atoms with Crippen molar-refractivity contribution in [2.24, 2.45) is 0 Å². The minimum Gasteiger partial charge on any atom is -0.314 e. The van der Waals surface area contributed by atoms with Gasteiger partial charge in [0.1, 0.15) is 12.2 Å². The highest BCUT2D eigenvalue weighted by molar-refractivity contribution is 5.26. The van der Waals surface area contributed by atoms with E-state index >= 15 is 0 Å². The maximum absolute atomic E-state index is 4.43. The Kier molecular flexibility index (Phi) is 5.51. The Bertz CT molecular complexity index is 559. The van der Waals surface area contributed by atoms with E-state index in [-0.39, 0.29) is 0 Å². The van der Waals surface area contributed by atoms with E-state index in [1.54, 1.807) is 6.33 Å². The zero-order valence-corrected chi connectivity index (χ0v) is 13.5. The third-order valence-electron chi connectivity index (χ3n) is 3.71. The third-order valence-corrected chi connectivity index (χ3v) is 3.71. The average Bonchev–Trinajstić information content (AvgIpc) is 2.90. The van der Waals surface area contributed by atoms with Gasteiger partial charge in [0.05, 0.1) is 0 Å². The predicted octanol–water partition coefficient (Wildman–Crippen LogP) is 2.93. The molecule has 0 bridgehead atoms. The van der Waals surface area contributed by atoms with Crippen LogP contribution in [-0.4, -0.2) is 27.4 Å². The van der Waals surface area contributed by atoms with Crippen molar-refractivity contribution in [3.63, 3.8) is 0 Å². The van der Waals surface area contributed by atoms with E-state index in [2.05, 4.69) is 67.4 Å². The second kappa shape index (κ2) is 7.36. The molecule has 0 saturated carbocycles. The van der Waals surface area contributed by atoms with Gasteiger partial charge in [-0.25, -0.2) is 4.98 Å². The van der Waals surface area contributed by atoms with Crippen molar-refractivity contribution < 1.29 is 0 Å². The molecule has 0 fully saturated rings. The van der Waals surface area contributed by atoms with E-state index in [1.807, 2.05) is 4.68 Å². The van der Waals surface area contributed by atoms with Gasteiger partial charge in [-0.1, -0.05) is 43.7 Å². The van der Waals surface area contributed by atoms with Crippen molar-refractivity contribution in [1.82, 2.24) is 20.1 Å². The number of benzene rings is 1. The molecule has 1 aromatic carbocycles. The summed E-state index contributed by atoms with van der Waals surface area (Å²) < 4.78 is 1.98. The highest BCUT2D eigenvalue weighted by Gasteiger charge is 2.16. The lowest BCUT2D eigenvalue weighted by atomic mass is 9.93. The Morgan fingerprint density at radius 1 is 1.29 bits per heavy atom. The van der Waals surface area contributed by atoms with Gasteiger partial charge in [0.15, 0.2) is 0 Å². The molecule has 1 atom stereocenters. The van der Waals surface area contributed by atoms with Gasteiger partial charge in [-0.3, -0.25) is 4.68 Å². The van der Waals surface area contributed by atoms with Crippen molar-refractivity contribution in [2.75, 3.05) is 6.54 Å². The van der Waals surface area contributed by atoms with Crippen LogP contribution in [-0.2, 0) is 13.0 Å². The molecule has 2 rings (SSSR count). The first kappa shape index (κ1) is 15.7. The van der Waals surface area contributed by atoms with Crippen molar-refractivity contribution >= 4 is 0 Å². The van der Waals surface area contributed by atoms with Crippen molar-refractivity contribution in [1.29, 1.82) is 0 Å². The molecule has 0 aliphatic heterocycles. The number of rotatable bonds is 7. The molecule has 1 heterocycles. The fraction of sp³-hybridized carbons (Fsp3) is 0.529. The van der Waals surface area contributed by atoms with E-state index in [0.717, 1.165) is 25.3 Å². The van der Waals surface area contributed by atoms with Gasteiger partial charge in [0.25, 0.3) is 0 Å². The Morgan fingerprint density at radius 3 is 2.76 bits per heavy atom. The summed E-state index contributed by atoms with van der Waals surface area (Å²) in [5, 5.41) is 7.84. The van der Waals surface area contributed by atoms with Crippen molar-refractivity contribution in [3.8, 4) is 0 Å². The van der Waals surface area contributed by atoms with Crippen LogP contribution in [0.4, 0.5) is 0 Å². The van der Waals surface area contributed by atoms with Gasteiger partial charge in [-0.15, -0.1) is 0 Å². The quantitative estimate of drug-likeness (QED) is 0.851. The summed E-state index contributed by atoms with van der Waals surface area (Å²) in [6, 6.07) is 9.26. The summed E-state index contributed by atoms with van der Waals surface area (Å²) >= 11 is 0. The van der Waals surface area contributed by atoms with Crippen LogP contribution in [0, 0.1) is 6.92 Å². The monoisotopic (exact) mass is 286 g/mol. The van der Waals surface area contributed by atoms with Crippen LogP contribution in [0.15, 0.2) is 30.6 Å². The van der Waals surface area contributed by atoms with Crippen molar-refractivity contribution in [3.05, 3.63) is 47.5 Å². The second-order valence-corrected chi connectivity index (χ2v) is 5.87. The fourth-order valence-electron chi connectivity index (χ4n) is 2.54. The number of nitrogens with zero attached hydrogens (tertiary/aromatic N) is 3. The van der Waals surface area contributed by atoms with E-state index < -0.39 is 0 Å². The molecule has 21 heavy (non-hydrogen) atoms. The molecular formula is C17H26N4. The van der Waals surface area contributed by atoms with Gasteiger partial charge < -0.3 is 5.32 Å². The maximum atomic E-state index is 4.43. The zero-order valence-electron chi connectivity index (χ0n) is 13.5. The molecule has 0 saturated heterocycles. The molecule has 1 unspecified atom stereocenters. The third kappa shape index (κ3) is 4.39. The summed E-state index contributed by atoms with van der Waals surface area (Å²) in [6.45, 7) is 10.4. The number of aryl methyl sites for hydroxylation is 2. The Morgan fingerprint density at radius 2 is 2.10 bits per heavy atom. The lowest BCUT2D eigenvalue weighted by Gasteiger charge is -2.20. The first-order valence-electron chi connectivity index (χ1n) is 7.76. The minimum absolute atomic E-state index is 0.418. The van der Waals surface area contributed by atoms with Gasteiger partial charge >= 0.3 is 0 Å². The first-order chi connectivity index (χ1) is 10.1. The standard InChI is InChI=1S/C17H26N4/c1-5-21-17(19-12-20-21)10-16(11-18-13(2)3)15-8-6-7-14(4)9-15/h6-9,12-13,16,18H,5,10-11H2,1-4H3. The first-order valence-corrected chi connectivity index (χ1v) is 7.76. The van der Waals surface area contributed by atoms with Crippen LogP contribution in [0.5, 0.6) is 0 Å². The van der Waals surface area contributed by atoms with Crippen molar-refractivity contribution in [2.45, 2.75) is 52.6 Å². The Balaban J connectivity index is 2.19. The molecule has 0 aliphatic carbocycles. The highest BCUT2D eigenvalue weighted by atomic mass is 15.3. The highest BCUT2D eigenvalue weighted by Crippen LogP contribution is 2.21. The Labute approximate surface area is 127 Å². The van der Waals surface area contributed by atoms with Crippen LogP contribution < -0.4 is 5.32 Å². The minimum atomic E-state index is 0.418. The number of aromatic nitrogens is 3. The summed E-state index contributed by atoms with van der Waals surface area (Å²) in [5.74, 6) is 1.48. The zero-order chi connectivity index (χ0) is 15.2. The molecule has 1 aromatic heterocycles. The molecule has 1 N–H and O–H groups in total. The van der Waals surface area contributed by atoms with Crippen LogP contribution in [0.2, 0.25) is 0 Å². The number of hydrogen-bond donors (Lipinski definition) is 1. The summed E-state index contributed by atoms with van der Waals surface area (Å²) in [5.41, 5.74) is 2.67. The summed E-state index contributed by atoms with van der Waals surface area (Å²) in [4.78, 5) is 4.43. The molecule has 0 amide bonds. The largest absolute Gasteiger partial charge is 0.314 e. The summed E-state index contributed by atoms with van der Waals surface area (Å²) in [7, 11) is 0. The van der Waals surface area contributed by atoms with E-state index in [9.17, 15) is 0 Å². The number of nitrogens with one attached hydrogen (secondary N) is 1. The lowest BCUT2D eigenvalue weighted by Crippen LogP contribution is -2.29. The van der Waals surface area contributed by atoms with Gasteiger partial charge in [-0.05, 0) is 19.4 Å². The predicted molar refractivity (Wildman–Crippen MR) is 86.5 cm³/mol. The van der Waals surface area contributed by atoms with Crippen LogP contribution >= 0.6 is 0 Å². The van der Waals surface area contributed by atoms with Crippen LogP contribution in [0.25, 0.3) is 0 Å². The smallest absolute Gasteiger partial charge is 0.138 e. The second-order valence-electron chi connectivity index (χ2n) is 5.87. The van der Waals surface area contributed by atoms with Gasteiger partial charge in [-0.2, -0.15) is 5.10 Å². The average molecular weight is 286 g/mol. The Hall–Kier alpha value is -1.68. The van der Waals surface area contributed by atoms with Crippen LogP contribution in [0.3, 0.4) is 0 Å². The SMILES string of the molecule is CCn1ncnc1CC(CNC(C)C)c1cccc(C)c1. The molecule has 0 aliphatic rings. The fourth-order valence-corrected chi connectivity index (χ4v) is 2.54. The van der Waals surface area contributed by atoms with E-state index in [4.69, 9.17) is 0 Å². The van der Waals surface area contributed by atoms with Gasteiger partial charge in [0.2, 0.25) is 0 Å². The summed E-state index contributed by atoms with van der Waals surface area (Å²) in [6.07, 6.45) is 2.57. The normalized spacial score (nSPS) is 12.8. The molecule has 0 spiro atoms. The molecule has 0 radical (unpaired) electrons. The molecule has 4 heteroatoms. The lowest BCUT2D eigenvalue weighted by molar-refractivity contribution is 0.505. The topological polar surface area (TPSA) is 42.7 Å². The molecule has 4 nitrogen and oxygen atoms in total. The van der Waals surface area contributed by atoms with Gasteiger partial charge in [0, 0.05) is 31.5 Å². The van der Waals surface area contributed by atoms with E-state index in [0.29, 0.717) is 12.0 Å². The molecular weight excluding hydrogens is 260 g/mol. The van der Waals surface area contributed by atoms with E-state index in [1.165, 1.54) is 11.1 Å². The maximum Gasteiger partial charge on any atom is 0.138 e. The van der Waals surface area contributed by atoms with Crippen LogP contribution in [0.1, 0.15) is 43.6 Å². The molecule has 2 aromatic rings. The molecule has 114 valence electrons.